The fourth-order valence-electron chi connectivity index (χ4n) is 3.96. The third kappa shape index (κ3) is 12.6. The third-order valence-electron chi connectivity index (χ3n) is 6.39. The molecular weight excluding hydrogens is 558 g/mol. The van der Waals surface area contributed by atoms with Crippen LogP contribution in [-0.2, 0) is 25.7 Å². The van der Waals surface area contributed by atoms with Crippen molar-refractivity contribution in [2.45, 2.75) is 104 Å². The fourth-order valence-corrected chi connectivity index (χ4v) is 3.96. The Morgan fingerprint density at radius 3 is 1.53 bits per heavy atom. The van der Waals surface area contributed by atoms with Gasteiger partial charge in [-0.3, -0.25) is 24.5 Å². The van der Waals surface area contributed by atoms with Crippen molar-refractivity contribution in [2.75, 3.05) is 0 Å². The standard InChI is InChI=1S/C32H41NO10/c1-4-7-10-13-28(34)41-26-20-24(32(37)40-22-23-16-18-25(19-17-23)33(38)39)21-27(42-29(35)14-11-8-5-2)31(26)43-30(36)15-12-9-6-3/h16-21H,4-15,22H2,1-3H3. The molecule has 11 nitrogen and oxygen atoms in total. The number of benzene rings is 2. The van der Waals surface area contributed by atoms with E-state index < -0.39 is 28.8 Å². The van der Waals surface area contributed by atoms with Gasteiger partial charge in [-0.25, -0.2) is 4.79 Å². The molecule has 0 unspecified atom stereocenters. The van der Waals surface area contributed by atoms with E-state index in [9.17, 15) is 29.3 Å². The number of carbonyl (C=O) groups is 4. The molecule has 2 aromatic carbocycles. The molecule has 0 aliphatic rings. The molecule has 0 radical (unpaired) electrons. The van der Waals surface area contributed by atoms with Crippen LogP contribution in [0.4, 0.5) is 5.69 Å². The molecule has 0 amide bonds. The molecule has 2 rings (SSSR count). The van der Waals surface area contributed by atoms with E-state index in [1.807, 2.05) is 20.8 Å². The number of unbranched alkanes of at least 4 members (excludes halogenated alkanes) is 6. The van der Waals surface area contributed by atoms with Gasteiger partial charge in [0.2, 0.25) is 5.75 Å². The van der Waals surface area contributed by atoms with Gasteiger partial charge in [0, 0.05) is 31.4 Å². The molecule has 0 saturated heterocycles. The second-order valence-electron chi connectivity index (χ2n) is 10.1. The number of nitrogens with zero attached hydrogens (tertiary/aromatic N) is 1. The second-order valence-corrected chi connectivity index (χ2v) is 10.1. The molecule has 0 heterocycles. The summed E-state index contributed by atoms with van der Waals surface area (Å²) in [5.74, 6) is -3.40. The molecule has 0 atom stereocenters. The normalized spacial score (nSPS) is 10.6. The Balaban J connectivity index is 2.42. The first-order valence-corrected chi connectivity index (χ1v) is 14.9. The zero-order valence-electron chi connectivity index (χ0n) is 25.2. The lowest BCUT2D eigenvalue weighted by molar-refractivity contribution is -0.384. The molecule has 0 N–H and O–H groups in total. The molecule has 0 aromatic heterocycles. The molecule has 0 spiro atoms. The summed E-state index contributed by atoms with van der Waals surface area (Å²) >= 11 is 0. The van der Waals surface area contributed by atoms with Gasteiger partial charge in [0.25, 0.3) is 5.69 Å². The maximum atomic E-state index is 13.1. The summed E-state index contributed by atoms with van der Waals surface area (Å²) in [6.07, 6.45) is 7.14. The maximum Gasteiger partial charge on any atom is 0.338 e. The summed E-state index contributed by atoms with van der Waals surface area (Å²) < 4.78 is 22.1. The van der Waals surface area contributed by atoms with Crippen molar-refractivity contribution < 1.29 is 43.0 Å². The highest BCUT2D eigenvalue weighted by molar-refractivity contribution is 5.92. The number of ether oxygens (including phenoxy) is 4. The van der Waals surface area contributed by atoms with Gasteiger partial charge >= 0.3 is 23.9 Å². The number of rotatable bonds is 19. The largest absolute Gasteiger partial charge is 0.457 e. The van der Waals surface area contributed by atoms with Gasteiger partial charge in [0.05, 0.1) is 10.5 Å². The van der Waals surface area contributed by atoms with Crippen LogP contribution < -0.4 is 14.2 Å². The van der Waals surface area contributed by atoms with Gasteiger partial charge < -0.3 is 18.9 Å². The Kier molecular flexibility index (Phi) is 15.4. The summed E-state index contributed by atoms with van der Waals surface area (Å²) in [5.41, 5.74) is 0.285. The van der Waals surface area contributed by atoms with Crippen molar-refractivity contribution in [1.29, 1.82) is 0 Å². The highest BCUT2D eigenvalue weighted by Gasteiger charge is 2.25. The van der Waals surface area contributed by atoms with Crippen LogP contribution in [-0.4, -0.2) is 28.8 Å². The fraction of sp³-hybridized carbons (Fsp3) is 0.500. The average Bonchev–Trinajstić information content (AvgIpc) is 2.98. The minimum absolute atomic E-state index is 0.0959. The highest BCUT2D eigenvalue weighted by Crippen LogP contribution is 2.40. The van der Waals surface area contributed by atoms with Gasteiger partial charge in [-0.05, 0) is 49.1 Å². The lowest BCUT2D eigenvalue weighted by atomic mass is 10.1. The van der Waals surface area contributed by atoms with Gasteiger partial charge in [-0.1, -0.05) is 59.3 Å². The highest BCUT2D eigenvalue weighted by atomic mass is 16.6. The van der Waals surface area contributed by atoms with Crippen LogP contribution in [0.5, 0.6) is 17.2 Å². The van der Waals surface area contributed by atoms with E-state index >= 15 is 0 Å². The van der Waals surface area contributed by atoms with Crippen LogP contribution >= 0.6 is 0 Å². The number of carbonyl (C=O) groups excluding carboxylic acids is 4. The number of nitro benzene ring substituents is 1. The lowest BCUT2D eigenvalue weighted by Gasteiger charge is -2.16. The monoisotopic (exact) mass is 599 g/mol. The predicted molar refractivity (Wildman–Crippen MR) is 158 cm³/mol. The first kappa shape index (κ1) is 34.9. The van der Waals surface area contributed by atoms with Crippen molar-refractivity contribution >= 4 is 29.6 Å². The molecule has 234 valence electrons. The lowest BCUT2D eigenvalue weighted by Crippen LogP contribution is -2.16. The van der Waals surface area contributed by atoms with Crippen LogP contribution in [0.3, 0.4) is 0 Å². The molecule has 0 bridgehead atoms. The van der Waals surface area contributed by atoms with Gasteiger partial charge in [-0.2, -0.15) is 0 Å². The van der Waals surface area contributed by atoms with Crippen LogP contribution in [0, 0.1) is 10.1 Å². The zero-order valence-corrected chi connectivity index (χ0v) is 25.2. The van der Waals surface area contributed by atoms with Crippen molar-refractivity contribution in [3.63, 3.8) is 0 Å². The minimum Gasteiger partial charge on any atom is -0.457 e. The van der Waals surface area contributed by atoms with E-state index in [1.54, 1.807) is 0 Å². The summed E-state index contributed by atoms with van der Waals surface area (Å²) in [6, 6.07) is 7.91. The summed E-state index contributed by atoms with van der Waals surface area (Å²) in [5, 5.41) is 10.9. The summed E-state index contributed by atoms with van der Waals surface area (Å²) in [7, 11) is 0. The summed E-state index contributed by atoms with van der Waals surface area (Å²) in [4.78, 5) is 61.5. The molecule has 43 heavy (non-hydrogen) atoms. The zero-order chi connectivity index (χ0) is 31.6. The van der Waals surface area contributed by atoms with Crippen LogP contribution in [0.25, 0.3) is 0 Å². The number of esters is 4. The van der Waals surface area contributed by atoms with E-state index in [1.165, 1.54) is 36.4 Å². The summed E-state index contributed by atoms with van der Waals surface area (Å²) in [6.45, 7) is 5.78. The SMILES string of the molecule is CCCCCC(=O)Oc1cc(C(=O)OCc2ccc([N+](=O)[O-])cc2)cc(OC(=O)CCCCC)c1OC(=O)CCCCC. The Bertz CT molecular complexity index is 1190. The van der Waals surface area contributed by atoms with Crippen LogP contribution in [0.15, 0.2) is 36.4 Å². The molecule has 0 fully saturated rings. The van der Waals surface area contributed by atoms with Crippen molar-refractivity contribution in [1.82, 2.24) is 0 Å². The van der Waals surface area contributed by atoms with Gasteiger partial charge in [-0.15, -0.1) is 0 Å². The number of non-ortho nitro benzene ring substituents is 1. The van der Waals surface area contributed by atoms with Crippen LogP contribution in [0.2, 0.25) is 0 Å². The topological polar surface area (TPSA) is 148 Å². The quantitative estimate of drug-likeness (QED) is 0.0525. The predicted octanol–water partition coefficient (Wildman–Crippen LogP) is 7.41. The van der Waals surface area contributed by atoms with Crippen molar-refractivity contribution in [3.05, 3.63) is 57.6 Å². The molecule has 2 aromatic rings. The Morgan fingerprint density at radius 2 is 1.12 bits per heavy atom. The van der Waals surface area contributed by atoms with Crippen LogP contribution in [0.1, 0.15) is 114 Å². The van der Waals surface area contributed by atoms with E-state index in [4.69, 9.17) is 18.9 Å². The van der Waals surface area contributed by atoms with Gasteiger partial charge in [0.15, 0.2) is 11.5 Å². The maximum absolute atomic E-state index is 13.1. The molecule has 0 aliphatic heterocycles. The Labute approximate surface area is 252 Å². The Morgan fingerprint density at radius 1 is 0.674 bits per heavy atom. The first-order valence-electron chi connectivity index (χ1n) is 14.9. The number of nitro groups is 1. The van der Waals surface area contributed by atoms with Gasteiger partial charge in [0.1, 0.15) is 6.61 Å². The van der Waals surface area contributed by atoms with Crippen molar-refractivity contribution in [2.24, 2.45) is 0 Å². The van der Waals surface area contributed by atoms with Crippen molar-refractivity contribution in [3.8, 4) is 17.2 Å². The molecule has 0 saturated carbocycles. The number of hydrogen-bond donors (Lipinski definition) is 0. The Hall–Kier alpha value is -4.28. The van der Waals surface area contributed by atoms with E-state index in [2.05, 4.69) is 0 Å². The van der Waals surface area contributed by atoms with E-state index in [-0.39, 0.29) is 54.4 Å². The third-order valence-corrected chi connectivity index (χ3v) is 6.39. The molecule has 0 aliphatic carbocycles. The molecular formula is C32H41NO10. The van der Waals surface area contributed by atoms with E-state index in [0.29, 0.717) is 24.8 Å². The smallest absolute Gasteiger partial charge is 0.338 e. The minimum atomic E-state index is -0.842. The second kappa shape index (κ2) is 19.0. The average molecular weight is 600 g/mol. The first-order chi connectivity index (χ1) is 20.7. The number of hydrogen-bond acceptors (Lipinski definition) is 10. The van der Waals surface area contributed by atoms with E-state index in [0.717, 1.165) is 38.5 Å². The molecule has 11 heteroatoms.